The predicted molar refractivity (Wildman–Crippen MR) is 81.5 cm³/mol. The Bertz CT molecular complexity index is 462. The van der Waals surface area contributed by atoms with Crippen molar-refractivity contribution in [2.75, 3.05) is 7.05 Å². The Kier molecular flexibility index (Phi) is 5.98. The molecule has 2 fully saturated rings. The number of amides is 2. The van der Waals surface area contributed by atoms with Gasteiger partial charge in [0.05, 0.1) is 11.8 Å². The summed E-state index contributed by atoms with van der Waals surface area (Å²) in [7, 11) is 1.42. The Morgan fingerprint density at radius 2 is 1.62 bits per heavy atom. The molecule has 2 aliphatic rings. The number of halogens is 3. The van der Waals surface area contributed by atoms with Gasteiger partial charge in [-0.15, -0.1) is 0 Å². The van der Waals surface area contributed by atoms with Gasteiger partial charge in [-0.1, -0.05) is 12.8 Å². The fourth-order valence-corrected chi connectivity index (χ4v) is 3.87. The Hall–Kier alpha value is -1.47. The lowest BCUT2D eigenvalue weighted by molar-refractivity contribution is -0.195. The molecule has 5 nitrogen and oxygen atoms in total. The molecule has 2 amide bonds. The number of nitrogens with one attached hydrogen (secondary N) is 1. The maximum atomic E-state index is 13.2. The van der Waals surface area contributed by atoms with Gasteiger partial charge in [0, 0.05) is 19.1 Å². The van der Waals surface area contributed by atoms with Crippen molar-refractivity contribution in [1.29, 1.82) is 0 Å². The van der Waals surface area contributed by atoms with Crippen molar-refractivity contribution in [3.8, 4) is 0 Å². The standard InChI is InChI=1S/C16H25F3N2O3/c1-21(13-5-3-2-4-12(13)16(17,18)19)15(24)20-11-8-6-10(7-9-11)14(22)23/h10-13H,2-9H2,1H3,(H,20,24)(H,22,23)/t10?,11?,12-,13+/m1/s1. The molecule has 0 aromatic rings. The topological polar surface area (TPSA) is 69.6 Å². The zero-order chi connectivity index (χ0) is 17.9. The van der Waals surface area contributed by atoms with E-state index in [-0.39, 0.29) is 18.4 Å². The average Bonchev–Trinajstić information content (AvgIpc) is 2.53. The van der Waals surface area contributed by atoms with E-state index in [0.717, 1.165) is 0 Å². The smallest absolute Gasteiger partial charge is 0.393 e. The molecule has 2 saturated carbocycles. The molecule has 0 radical (unpaired) electrons. The summed E-state index contributed by atoms with van der Waals surface area (Å²) in [4.78, 5) is 24.5. The maximum absolute atomic E-state index is 13.2. The van der Waals surface area contributed by atoms with Crippen LogP contribution >= 0.6 is 0 Å². The van der Waals surface area contributed by atoms with Crippen molar-refractivity contribution in [3.63, 3.8) is 0 Å². The number of alkyl halides is 3. The molecule has 0 heterocycles. The molecule has 8 heteroatoms. The molecule has 0 aromatic carbocycles. The second kappa shape index (κ2) is 7.61. The minimum Gasteiger partial charge on any atom is -0.481 e. The SMILES string of the molecule is CN(C(=O)NC1CCC(C(=O)O)CC1)[C@H]1CCCC[C@H]1C(F)(F)F. The molecule has 2 rings (SSSR count). The van der Waals surface area contributed by atoms with Gasteiger partial charge in [0.2, 0.25) is 0 Å². The van der Waals surface area contributed by atoms with Gasteiger partial charge in [0.15, 0.2) is 0 Å². The molecule has 2 N–H and O–H groups in total. The summed E-state index contributed by atoms with van der Waals surface area (Å²) in [5.41, 5.74) is 0. The summed E-state index contributed by atoms with van der Waals surface area (Å²) in [6.45, 7) is 0. The van der Waals surface area contributed by atoms with E-state index in [1.807, 2.05) is 0 Å². The van der Waals surface area contributed by atoms with Gasteiger partial charge in [0.25, 0.3) is 0 Å². The normalized spacial score (nSPS) is 31.3. The third-order valence-electron chi connectivity index (χ3n) is 5.37. The van der Waals surface area contributed by atoms with Crippen LogP contribution in [0.5, 0.6) is 0 Å². The van der Waals surface area contributed by atoms with E-state index < -0.39 is 30.1 Å². The number of carbonyl (C=O) groups is 2. The van der Waals surface area contributed by atoms with Crippen LogP contribution < -0.4 is 5.32 Å². The van der Waals surface area contributed by atoms with Crippen LogP contribution in [0.3, 0.4) is 0 Å². The fourth-order valence-electron chi connectivity index (χ4n) is 3.87. The van der Waals surface area contributed by atoms with E-state index in [9.17, 15) is 22.8 Å². The van der Waals surface area contributed by atoms with Crippen LogP contribution in [0.15, 0.2) is 0 Å². The zero-order valence-corrected chi connectivity index (χ0v) is 13.8. The minimum atomic E-state index is -4.29. The fraction of sp³-hybridized carbons (Fsp3) is 0.875. The lowest BCUT2D eigenvalue weighted by Gasteiger charge is -2.39. The van der Waals surface area contributed by atoms with Gasteiger partial charge in [-0.2, -0.15) is 13.2 Å². The third kappa shape index (κ3) is 4.54. The summed E-state index contributed by atoms with van der Waals surface area (Å²) in [6.07, 6.45) is -0.576. The van der Waals surface area contributed by atoms with Crippen LogP contribution in [0.25, 0.3) is 0 Å². The molecule has 0 unspecified atom stereocenters. The number of urea groups is 1. The number of carbonyl (C=O) groups excluding carboxylic acids is 1. The Morgan fingerprint density at radius 1 is 1.04 bits per heavy atom. The van der Waals surface area contributed by atoms with E-state index in [4.69, 9.17) is 5.11 Å². The molecule has 2 atom stereocenters. The first kappa shape index (κ1) is 18.9. The summed E-state index contributed by atoms with van der Waals surface area (Å²) < 4.78 is 39.5. The molecule has 0 aromatic heterocycles. The largest absolute Gasteiger partial charge is 0.481 e. The molecule has 24 heavy (non-hydrogen) atoms. The first-order chi connectivity index (χ1) is 11.2. The summed E-state index contributed by atoms with van der Waals surface area (Å²) in [5, 5.41) is 11.7. The molecule has 0 aliphatic heterocycles. The third-order valence-corrected chi connectivity index (χ3v) is 5.37. The number of hydrogen-bond acceptors (Lipinski definition) is 2. The average molecular weight is 350 g/mol. The number of hydrogen-bond donors (Lipinski definition) is 2. The van der Waals surface area contributed by atoms with E-state index in [2.05, 4.69) is 5.32 Å². The second-order valence-electron chi connectivity index (χ2n) is 6.95. The molecular weight excluding hydrogens is 325 g/mol. The molecule has 0 saturated heterocycles. The number of rotatable bonds is 3. The van der Waals surface area contributed by atoms with Gasteiger partial charge >= 0.3 is 18.2 Å². The van der Waals surface area contributed by atoms with Gasteiger partial charge < -0.3 is 15.3 Å². The highest BCUT2D eigenvalue weighted by Crippen LogP contribution is 2.39. The van der Waals surface area contributed by atoms with Crippen LogP contribution in [0.4, 0.5) is 18.0 Å². The number of carboxylic acid groups (broad SMARTS) is 1. The lowest BCUT2D eigenvalue weighted by Crippen LogP contribution is -2.53. The monoisotopic (exact) mass is 350 g/mol. The first-order valence-corrected chi connectivity index (χ1v) is 8.53. The van der Waals surface area contributed by atoms with Crippen LogP contribution in [-0.4, -0.2) is 47.3 Å². The van der Waals surface area contributed by atoms with Crippen LogP contribution in [0, 0.1) is 11.8 Å². The Morgan fingerprint density at radius 3 is 2.17 bits per heavy atom. The molecule has 0 bridgehead atoms. The quantitative estimate of drug-likeness (QED) is 0.820. The van der Waals surface area contributed by atoms with Crippen LogP contribution in [0.2, 0.25) is 0 Å². The van der Waals surface area contributed by atoms with Gasteiger partial charge in [-0.25, -0.2) is 4.79 Å². The van der Waals surface area contributed by atoms with E-state index >= 15 is 0 Å². The summed E-state index contributed by atoms with van der Waals surface area (Å²) in [5.74, 6) is -2.68. The van der Waals surface area contributed by atoms with Gasteiger partial charge in [0.1, 0.15) is 0 Å². The Labute approximate surface area is 139 Å². The van der Waals surface area contributed by atoms with E-state index in [0.29, 0.717) is 44.9 Å². The van der Waals surface area contributed by atoms with Crippen molar-refractivity contribution in [2.24, 2.45) is 11.8 Å². The highest BCUT2D eigenvalue weighted by molar-refractivity contribution is 5.75. The van der Waals surface area contributed by atoms with E-state index in [1.165, 1.54) is 11.9 Å². The number of nitrogens with zero attached hydrogens (tertiary/aromatic N) is 1. The number of aliphatic carboxylic acids is 1. The highest BCUT2D eigenvalue weighted by Gasteiger charge is 2.47. The number of carboxylic acids is 1. The first-order valence-electron chi connectivity index (χ1n) is 8.53. The summed E-state index contributed by atoms with van der Waals surface area (Å²) in [6, 6.07) is -1.48. The Balaban J connectivity index is 1.90. The van der Waals surface area contributed by atoms with E-state index in [1.54, 1.807) is 0 Å². The molecule has 138 valence electrons. The maximum Gasteiger partial charge on any atom is 0.393 e. The van der Waals surface area contributed by atoms with Crippen molar-refractivity contribution >= 4 is 12.0 Å². The van der Waals surface area contributed by atoms with Crippen molar-refractivity contribution in [3.05, 3.63) is 0 Å². The zero-order valence-electron chi connectivity index (χ0n) is 13.8. The predicted octanol–water partition coefficient (Wildman–Crippen LogP) is 3.39. The van der Waals surface area contributed by atoms with Gasteiger partial charge in [-0.3, -0.25) is 4.79 Å². The molecule has 0 spiro atoms. The molecule has 2 aliphatic carbocycles. The van der Waals surface area contributed by atoms with Crippen molar-refractivity contribution in [1.82, 2.24) is 10.2 Å². The highest BCUT2D eigenvalue weighted by atomic mass is 19.4. The molecular formula is C16H25F3N2O3. The van der Waals surface area contributed by atoms with Crippen molar-refractivity contribution < 1.29 is 27.9 Å². The lowest BCUT2D eigenvalue weighted by atomic mass is 9.83. The van der Waals surface area contributed by atoms with Crippen LogP contribution in [-0.2, 0) is 4.79 Å². The summed E-state index contributed by atoms with van der Waals surface area (Å²) >= 11 is 0. The van der Waals surface area contributed by atoms with Gasteiger partial charge in [-0.05, 0) is 38.5 Å². The minimum absolute atomic E-state index is 0.0650. The second-order valence-corrected chi connectivity index (χ2v) is 6.95. The van der Waals surface area contributed by atoms with Crippen molar-refractivity contribution in [2.45, 2.75) is 69.6 Å². The van der Waals surface area contributed by atoms with Crippen LogP contribution in [0.1, 0.15) is 51.4 Å².